The zero-order valence-electron chi connectivity index (χ0n) is 26.4. The maximum absolute atomic E-state index is 15.1. The molecule has 47 heavy (non-hydrogen) atoms. The summed E-state index contributed by atoms with van der Waals surface area (Å²) in [5.41, 5.74) is 2.07. The first-order chi connectivity index (χ1) is 22.6. The Bertz CT molecular complexity index is 1840. The number of sulfone groups is 1. The van der Waals surface area contributed by atoms with Crippen molar-refractivity contribution in [1.82, 2.24) is 15.1 Å². The van der Waals surface area contributed by atoms with Gasteiger partial charge in [-0.25, -0.2) is 12.8 Å². The summed E-state index contributed by atoms with van der Waals surface area (Å²) in [5, 5.41) is 3.70. The highest BCUT2D eigenvalue weighted by Gasteiger charge is 2.34. The molecule has 0 aliphatic carbocycles. The number of furan rings is 1. The van der Waals surface area contributed by atoms with Crippen LogP contribution in [0.3, 0.4) is 0 Å². The van der Waals surface area contributed by atoms with Crippen LogP contribution in [-0.2, 0) is 16.4 Å². The molecule has 2 saturated heterocycles. The van der Waals surface area contributed by atoms with E-state index in [9.17, 15) is 18.0 Å². The number of halogens is 1. The molecule has 3 heterocycles. The van der Waals surface area contributed by atoms with Crippen molar-refractivity contribution in [3.63, 3.8) is 0 Å². The second-order valence-electron chi connectivity index (χ2n) is 12.2. The Morgan fingerprint density at radius 2 is 1.64 bits per heavy atom. The molecule has 2 atom stereocenters. The van der Waals surface area contributed by atoms with Crippen molar-refractivity contribution in [3.8, 4) is 11.5 Å². The molecule has 0 radical (unpaired) electrons. The van der Waals surface area contributed by atoms with Gasteiger partial charge in [0.2, 0.25) is 0 Å². The molecule has 0 unspecified atom stereocenters. The molecule has 2 amide bonds. The van der Waals surface area contributed by atoms with Crippen LogP contribution in [0.15, 0.2) is 82.1 Å². The van der Waals surface area contributed by atoms with E-state index in [4.69, 9.17) is 13.9 Å². The first-order valence-electron chi connectivity index (χ1n) is 15.7. The summed E-state index contributed by atoms with van der Waals surface area (Å²) in [6, 6.07) is 20.5. The van der Waals surface area contributed by atoms with Crippen LogP contribution < -0.4 is 14.8 Å². The predicted octanol–water partition coefficient (Wildman–Crippen LogP) is 4.87. The van der Waals surface area contributed by atoms with Gasteiger partial charge in [0, 0.05) is 55.8 Å². The van der Waals surface area contributed by atoms with Gasteiger partial charge in [0.05, 0.1) is 18.6 Å². The van der Waals surface area contributed by atoms with Crippen LogP contribution in [0, 0.1) is 0 Å². The number of amides is 2. The van der Waals surface area contributed by atoms with Crippen LogP contribution in [0.5, 0.6) is 11.5 Å². The summed E-state index contributed by atoms with van der Waals surface area (Å²) in [4.78, 5) is 30.3. The van der Waals surface area contributed by atoms with Crippen molar-refractivity contribution in [2.75, 3.05) is 39.5 Å². The van der Waals surface area contributed by atoms with Gasteiger partial charge in [-0.2, -0.15) is 0 Å². The van der Waals surface area contributed by atoms with Gasteiger partial charge < -0.3 is 24.1 Å². The molecule has 1 aromatic heterocycles. The van der Waals surface area contributed by atoms with E-state index in [1.165, 1.54) is 34.7 Å². The number of benzene rings is 3. The average molecular weight is 664 g/mol. The van der Waals surface area contributed by atoms with Crippen molar-refractivity contribution < 1.29 is 36.3 Å². The van der Waals surface area contributed by atoms with Crippen LogP contribution in [0.2, 0.25) is 0 Å². The molecule has 0 spiro atoms. The lowest BCUT2D eigenvalue weighted by Crippen LogP contribution is -2.49. The number of nitrogens with zero attached hydrogens (tertiary/aromatic N) is 2. The summed E-state index contributed by atoms with van der Waals surface area (Å²) in [5.74, 6) is 0.761. The second-order valence-corrected chi connectivity index (χ2v) is 14.2. The molecule has 10 nitrogen and oxygen atoms in total. The third-order valence-electron chi connectivity index (χ3n) is 8.78. The molecule has 3 aromatic carbocycles. The van der Waals surface area contributed by atoms with E-state index in [1.807, 2.05) is 12.1 Å². The van der Waals surface area contributed by atoms with Gasteiger partial charge in [0.25, 0.3) is 11.8 Å². The molecule has 2 aliphatic rings. The number of rotatable bonds is 9. The van der Waals surface area contributed by atoms with Gasteiger partial charge in [0.15, 0.2) is 21.8 Å². The van der Waals surface area contributed by atoms with Crippen molar-refractivity contribution in [2.24, 2.45) is 0 Å². The highest BCUT2D eigenvalue weighted by molar-refractivity contribution is 7.90. The topological polar surface area (TPSA) is 118 Å². The van der Waals surface area contributed by atoms with E-state index >= 15 is 4.39 Å². The minimum Gasteiger partial charge on any atom is -0.497 e. The van der Waals surface area contributed by atoms with Crippen LogP contribution in [0.25, 0.3) is 11.0 Å². The summed E-state index contributed by atoms with van der Waals surface area (Å²) in [6.45, 7) is 2.73. The molecule has 6 rings (SSSR count). The number of methoxy groups -OCH3 is 1. The smallest absolute Gasteiger partial charge is 0.287 e. The lowest BCUT2D eigenvalue weighted by Gasteiger charge is -2.34. The second kappa shape index (κ2) is 13.7. The summed E-state index contributed by atoms with van der Waals surface area (Å²) >= 11 is 0. The number of fused-ring (bicyclic) bond motifs is 1. The lowest BCUT2D eigenvalue weighted by molar-refractivity contribution is 0.0202. The number of hydrogen-bond acceptors (Lipinski definition) is 8. The van der Waals surface area contributed by atoms with Gasteiger partial charge in [-0.3, -0.25) is 14.5 Å². The highest BCUT2D eigenvalue weighted by atomic mass is 32.2. The van der Waals surface area contributed by atoms with Gasteiger partial charge >= 0.3 is 0 Å². The monoisotopic (exact) mass is 663 g/mol. The molecular weight excluding hydrogens is 625 g/mol. The van der Waals surface area contributed by atoms with Crippen molar-refractivity contribution >= 4 is 32.6 Å². The van der Waals surface area contributed by atoms with Crippen LogP contribution in [-0.4, -0.2) is 87.9 Å². The summed E-state index contributed by atoms with van der Waals surface area (Å²) in [7, 11) is -1.69. The maximum Gasteiger partial charge on any atom is 0.287 e. The molecule has 2 aliphatic heterocycles. The quantitative estimate of drug-likeness (QED) is 0.270. The summed E-state index contributed by atoms with van der Waals surface area (Å²) < 4.78 is 55.3. The number of alkyl halides is 1. The fourth-order valence-corrected chi connectivity index (χ4v) is 6.72. The molecule has 2 fully saturated rings. The standard InChI is InChI=1S/C35H38FN3O7S/c1-44-27-6-3-23(4-7-27)21-38-16-13-26(14-17-38)37-34(40)33-20-25-19-24(5-12-31(25)46-33)35(41)39-18-15-32(30(36)22-39)45-28-8-10-29(11-9-28)47(2,42)43/h3-12,19-20,26,30,32H,13-18,21-22H2,1-2H3,(H,37,40)/t30-,32-/m0/s1. The largest absolute Gasteiger partial charge is 0.497 e. The highest BCUT2D eigenvalue weighted by Crippen LogP contribution is 2.26. The number of carbonyl (C=O) groups excluding carboxylic acids is 2. The van der Waals surface area contributed by atoms with Crippen molar-refractivity contribution in [3.05, 3.63) is 89.7 Å². The third kappa shape index (κ3) is 7.77. The number of nitrogens with one attached hydrogen (secondary N) is 1. The van der Waals surface area contributed by atoms with Crippen LogP contribution >= 0.6 is 0 Å². The van der Waals surface area contributed by atoms with Crippen LogP contribution in [0.4, 0.5) is 4.39 Å². The van der Waals surface area contributed by atoms with E-state index in [1.54, 1.807) is 31.4 Å². The van der Waals surface area contributed by atoms with E-state index in [-0.39, 0.29) is 41.5 Å². The van der Waals surface area contributed by atoms with Crippen molar-refractivity contribution in [2.45, 2.75) is 49.0 Å². The van der Waals surface area contributed by atoms with Gasteiger partial charge in [-0.15, -0.1) is 0 Å². The zero-order chi connectivity index (χ0) is 33.1. The Hall–Kier alpha value is -4.42. The first-order valence-corrected chi connectivity index (χ1v) is 17.5. The average Bonchev–Trinajstić information content (AvgIpc) is 3.50. The van der Waals surface area contributed by atoms with E-state index in [2.05, 4.69) is 22.3 Å². The molecule has 0 bridgehead atoms. The van der Waals surface area contributed by atoms with Crippen LogP contribution in [0.1, 0.15) is 45.7 Å². The Labute approximate surface area is 273 Å². The minimum atomic E-state index is -3.34. The number of carbonyl (C=O) groups is 2. The first kappa shape index (κ1) is 32.5. The lowest BCUT2D eigenvalue weighted by atomic mass is 10.0. The molecule has 1 N–H and O–H groups in total. The van der Waals surface area contributed by atoms with E-state index in [0.717, 1.165) is 44.5 Å². The van der Waals surface area contributed by atoms with Gasteiger partial charge in [-0.1, -0.05) is 12.1 Å². The van der Waals surface area contributed by atoms with Gasteiger partial charge in [0.1, 0.15) is 23.2 Å². The number of likely N-dealkylation sites (tertiary alicyclic amines) is 2. The Morgan fingerprint density at radius 3 is 2.30 bits per heavy atom. The third-order valence-corrected chi connectivity index (χ3v) is 9.91. The number of ether oxygens (including phenoxy) is 2. The minimum absolute atomic E-state index is 0.0346. The molecule has 12 heteroatoms. The zero-order valence-corrected chi connectivity index (χ0v) is 27.2. The molecular formula is C35H38FN3O7S. The van der Waals surface area contributed by atoms with E-state index < -0.39 is 22.1 Å². The molecule has 4 aromatic rings. The Morgan fingerprint density at radius 1 is 0.936 bits per heavy atom. The predicted molar refractivity (Wildman–Crippen MR) is 174 cm³/mol. The SMILES string of the molecule is COc1ccc(CN2CCC(NC(=O)c3cc4cc(C(=O)N5CC[C@H](Oc6ccc(S(C)(=O)=O)cc6)[C@@H](F)C5)ccc4o3)CC2)cc1. The number of piperidine rings is 2. The normalized spacial score (nSPS) is 19.4. The van der Waals surface area contributed by atoms with Gasteiger partial charge in [-0.05, 0) is 79.1 Å². The summed E-state index contributed by atoms with van der Waals surface area (Å²) in [6.07, 6.45) is 0.858. The fourth-order valence-electron chi connectivity index (χ4n) is 6.09. The Balaban J connectivity index is 1.00. The fraction of sp³-hybridized carbons (Fsp3) is 0.371. The number of hydrogen-bond donors (Lipinski definition) is 1. The van der Waals surface area contributed by atoms with Crippen molar-refractivity contribution in [1.29, 1.82) is 0 Å². The maximum atomic E-state index is 15.1. The molecule has 248 valence electrons. The Kier molecular flexibility index (Phi) is 9.51. The van der Waals surface area contributed by atoms with E-state index in [0.29, 0.717) is 28.8 Å². The molecule has 0 saturated carbocycles.